The number of benzene rings is 1. The Kier molecular flexibility index (Phi) is 6.52. The van der Waals surface area contributed by atoms with Crippen molar-refractivity contribution in [2.75, 3.05) is 48.6 Å². The molecular formula is C31H43NO10. The molecular weight excluding hydrogens is 546 g/mol. The summed E-state index contributed by atoms with van der Waals surface area (Å²) in [4.78, 5) is 15.7. The Bertz CT molecular complexity index is 1240. The van der Waals surface area contributed by atoms with Crippen LogP contribution in [0.4, 0.5) is 0 Å². The summed E-state index contributed by atoms with van der Waals surface area (Å²) >= 11 is 0. The molecule has 3 unspecified atom stereocenters. The van der Waals surface area contributed by atoms with E-state index in [1.54, 1.807) is 51.7 Å². The van der Waals surface area contributed by atoms with E-state index >= 15 is 0 Å². The molecule has 5 saturated carbocycles. The predicted molar refractivity (Wildman–Crippen MR) is 146 cm³/mol. The summed E-state index contributed by atoms with van der Waals surface area (Å²) in [6.45, 7) is 0.760. The second-order valence-electron chi connectivity index (χ2n) is 13.7. The van der Waals surface area contributed by atoms with Crippen molar-refractivity contribution >= 4 is 5.97 Å². The number of nitrogens with zero attached hydrogens (tertiary/aromatic N) is 1. The van der Waals surface area contributed by atoms with Gasteiger partial charge in [0.1, 0.15) is 29.5 Å². The summed E-state index contributed by atoms with van der Waals surface area (Å²) in [6, 6.07) is 8.22. The smallest absolute Gasteiger partial charge is 0.338 e. The van der Waals surface area contributed by atoms with Crippen LogP contribution in [0.5, 0.6) is 0 Å². The molecule has 1 aliphatic heterocycles. The van der Waals surface area contributed by atoms with Crippen molar-refractivity contribution < 1.29 is 48.9 Å². The molecule has 6 aliphatic rings. The van der Waals surface area contributed by atoms with Crippen LogP contribution in [-0.2, 0) is 23.7 Å². The van der Waals surface area contributed by atoms with Crippen LogP contribution in [0.1, 0.15) is 23.2 Å². The molecule has 7 bridgehead atoms. The van der Waals surface area contributed by atoms with Gasteiger partial charge in [-0.15, -0.1) is 0 Å². The van der Waals surface area contributed by atoms with Gasteiger partial charge in [-0.3, -0.25) is 0 Å². The Hall–Kier alpha value is -1.67. The zero-order chi connectivity index (χ0) is 30.0. The Morgan fingerprint density at radius 1 is 1.00 bits per heavy atom. The molecule has 11 nitrogen and oxygen atoms in total. The van der Waals surface area contributed by atoms with Crippen molar-refractivity contribution in [3.8, 4) is 0 Å². The third-order valence-corrected chi connectivity index (χ3v) is 12.6. The number of hydrogen-bond donors (Lipinski definition) is 4. The summed E-state index contributed by atoms with van der Waals surface area (Å²) in [5, 5.41) is 49.4. The highest BCUT2D eigenvalue weighted by atomic mass is 16.6. The van der Waals surface area contributed by atoms with Crippen molar-refractivity contribution in [1.29, 1.82) is 0 Å². The van der Waals surface area contributed by atoms with Crippen LogP contribution >= 0.6 is 0 Å². The molecule has 5 aliphatic carbocycles. The molecule has 0 radical (unpaired) electrons. The number of esters is 1. The van der Waals surface area contributed by atoms with Gasteiger partial charge >= 0.3 is 5.97 Å². The zero-order valence-electron chi connectivity index (χ0n) is 24.8. The lowest BCUT2D eigenvalue weighted by atomic mass is 9.42. The molecule has 1 heterocycles. The van der Waals surface area contributed by atoms with Gasteiger partial charge in [0.15, 0.2) is 0 Å². The van der Waals surface area contributed by atoms with Gasteiger partial charge in [-0.05, 0) is 31.5 Å². The minimum atomic E-state index is -1.86. The lowest BCUT2D eigenvalue weighted by Crippen LogP contribution is -2.80. The monoisotopic (exact) mass is 589 g/mol. The molecule has 7 rings (SSSR count). The molecule has 1 aromatic rings. The highest BCUT2D eigenvalue weighted by Gasteiger charge is 2.91. The molecule has 15 atom stereocenters. The van der Waals surface area contributed by atoms with Crippen LogP contribution < -0.4 is 0 Å². The third-order valence-electron chi connectivity index (χ3n) is 12.6. The first-order chi connectivity index (χ1) is 20.0. The summed E-state index contributed by atoms with van der Waals surface area (Å²) in [6.07, 6.45) is -5.28. The number of hydrogen-bond acceptors (Lipinski definition) is 11. The number of fused-ring (bicyclic) bond motifs is 2. The molecule has 11 heteroatoms. The van der Waals surface area contributed by atoms with Crippen molar-refractivity contribution in [3.05, 3.63) is 35.9 Å². The van der Waals surface area contributed by atoms with E-state index in [1.165, 1.54) is 7.11 Å². The third kappa shape index (κ3) is 3.05. The van der Waals surface area contributed by atoms with Crippen LogP contribution in [0, 0.1) is 34.5 Å². The fourth-order valence-corrected chi connectivity index (χ4v) is 11.8. The number of carbonyl (C=O) groups excluding carboxylic acids is 1. The van der Waals surface area contributed by atoms with Gasteiger partial charge in [-0.2, -0.15) is 0 Å². The van der Waals surface area contributed by atoms with Gasteiger partial charge in [0.25, 0.3) is 0 Å². The number of methoxy groups -OCH3 is 4. The van der Waals surface area contributed by atoms with Crippen LogP contribution in [0.25, 0.3) is 0 Å². The lowest BCUT2D eigenvalue weighted by Gasteiger charge is -2.69. The predicted octanol–water partition coefficient (Wildman–Crippen LogP) is -0.313. The van der Waals surface area contributed by atoms with Gasteiger partial charge in [-0.25, -0.2) is 4.79 Å². The standard InChI is InChI=1S/C31H43NO10/c1-32-13-28(14-38-2)17(33)11-18(39-3)30-16-12-29(36)25(42-27(35)15-9-7-6-8-10-15)19(16)31(37,24(34)26(29)41-5)20(23(30)32)21(40-4)22(28)30/h6-10,16-26,33-34,36-37H,11-14H2,1-5H3/t16-,17-,18+,19-,20?,21+,22-,23?,24+,25-,26+,28+,29+,30?,31-/m1/s1. The fraction of sp³-hybridized carbons (Fsp3) is 0.774. The Morgan fingerprint density at radius 2 is 1.71 bits per heavy atom. The van der Waals surface area contributed by atoms with E-state index in [-0.39, 0.29) is 25.0 Å². The van der Waals surface area contributed by atoms with E-state index < -0.39 is 82.4 Å². The Balaban J connectivity index is 1.47. The second-order valence-corrected chi connectivity index (χ2v) is 13.7. The molecule has 0 aromatic heterocycles. The van der Waals surface area contributed by atoms with E-state index in [1.807, 2.05) is 7.05 Å². The number of piperidine rings is 1. The minimum Gasteiger partial charge on any atom is -0.455 e. The number of rotatable bonds is 7. The van der Waals surface area contributed by atoms with Crippen LogP contribution in [0.3, 0.4) is 0 Å². The first-order valence-electron chi connectivity index (χ1n) is 14.9. The first-order valence-corrected chi connectivity index (χ1v) is 14.9. The quantitative estimate of drug-likeness (QED) is 0.311. The fourth-order valence-electron chi connectivity index (χ4n) is 11.8. The minimum absolute atomic E-state index is 0.102. The SMILES string of the molecule is COC[C@]12CN(C)C3C4[C@H](OC)[C@H]1C3([C@@H](OC)C[C@H]2O)[C@@H]1C[C@]2(O)[C@H](OC(=O)c3ccccc3)[C@@H]1[C@]4(O)[C@@H](O)[C@@H]2OC. The maximum Gasteiger partial charge on any atom is 0.338 e. The average Bonchev–Trinajstić information content (AvgIpc) is 3.37. The maximum absolute atomic E-state index is 13.5. The van der Waals surface area contributed by atoms with E-state index in [2.05, 4.69) is 4.90 Å². The number of aliphatic hydroxyl groups excluding tert-OH is 2. The summed E-state index contributed by atoms with van der Waals surface area (Å²) in [7, 11) is 8.22. The number of aliphatic hydroxyl groups is 4. The number of ether oxygens (including phenoxy) is 5. The molecule has 0 amide bonds. The van der Waals surface area contributed by atoms with Crippen molar-refractivity contribution in [1.82, 2.24) is 4.90 Å². The normalized spacial score (nSPS) is 53.7. The van der Waals surface area contributed by atoms with Crippen molar-refractivity contribution in [2.24, 2.45) is 34.5 Å². The van der Waals surface area contributed by atoms with Crippen molar-refractivity contribution in [3.63, 3.8) is 0 Å². The summed E-state index contributed by atoms with van der Waals surface area (Å²) < 4.78 is 30.3. The largest absolute Gasteiger partial charge is 0.455 e. The van der Waals surface area contributed by atoms with E-state index in [0.29, 0.717) is 18.5 Å². The Morgan fingerprint density at radius 3 is 2.33 bits per heavy atom. The van der Waals surface area contributed by atoms with Crippen molar-refractivity contribution in [2.45, 2.75) is 66.7 Å². The summed E-state index contributed by atoms with van der Waals surface area (Å²) in [5.74, 6) is -2.96. The molecule has 6 fully saturated rings. The highest BCUT2D eigenvalue weighted by Crippen LogP contribution is 2.80. The van der Waals surface area contributed by atoms with E-state index in [0.717, 1.165) is 0 Å². The van der Waals surface area contributed by atoms with Crippen LogP contribution in [-0.4, -0.2) is 134 Å². The molecule has 42 heavy (non-hydrogen) atoms. The van der Waals surface area contributed by atoms with Gasteiger partial charge in [0, 0.05) is 76.0 Å². The van der Waals surface area contributed by atoms with E-state index in [9.17, 15) is 25.2 Å². The molecule has 1 saturated heterocycles. The average molecular weight is 590 g/mol. The zero-order valence-corrected chi connectivity index (χ0v) is 24.8. The first kappa shape index (κ1) is 29.1. The number of likely N-dealkylation sites (tertiary alicyclic amines) is 1. The summed E-state index contributed by atoms with van der Waals surface area (Å²) in [5.41, 5.74) is -4.81. The lowest BCUT2D eigenvalue weighted by molar-refractivity contribution is -0.318. The van der Waals surface area contributed by atoms with Gasteiger partial charge < -0.3 is 49.0 Å². The number of carbonyl (C=O) groups is 1. The molecule has 4 N–H and O–H groups in total. The van der Waals surface area contributed by atoms with E-state index in [4.69, 9.17) is 23.7 Å². The van der Waals surface area contributed by atoms with Crippen LogP contribution in [0.15, 0.2) is 30.3 Å². The van der Waals surface area contributed by atoms with Gasteiger partial charge in [-0.1, -0.05) is 18.2 Å². The molecule has 232 valence electrons. The van der Waals surface area contributed by atoms with Crippen LogP contribution in [0.2, 0.25) is 0 Å². The highest BCUT2D eigenvalue weighted by molar-refractivity contribution is 5.89. The topological polar surface area (TPSA) is 147 Å². The maximum atomic E-state index is 13.5. The van der Waals surface area contributed by atoms with Gasteiger partial charge in [0.2, 0.25) is 0 Å². The van der Waals surface area contributed by atoms with Gasteiger partial charge in [0.05, 0.1) is 30.5 Å². The molecule has 1 aromatic carbocycles. The Labute approximate surface area is 245 Å². The molecule has 1 spiro atoms. The second kappa shape index (κ2) is 9.42.